The van der Waals surface area contributed by atoms with Crippen LogP contribution in [-0.2, 0) is 9.53 Å². The molecule has 0 aliphatic carbocycles. The number of nitrogens with zero attached hydrogens (tertiary/aromatic N) is 1. The van der Waals surface area contributed by atoms with Gasteiger partial charge in [-0.15, -0.1) is 6.58 Å². The highest BCUT2D eigenvalue weighted by Gasteiger charge is 2.31. The highest BCUT2D eigenvalue weighted by atomic mass is 19.1. The number of ether oxygens (including phenoxy) is 1. The van der Waals surface area contributed by atoms with Gasteiger partial charge in [0.05, 0.1) is 12.6 Å². The van der Waals surface area contributed by atoms with Crippen molar-refractivity contribution >= 4 is 5.91 Å². The number of nitrogens with one attached hydrogen (secondary N) is 1. The topological polar surface area (TPSA) is 41.6 Å². The van der Waals surface area contributed by atoms with Crippen LogP contribution in [0.3, 0.4) is 0 Å². The van der Waals surface area contributed by atoms with E-state index in [1.807, 2.05) is 6.07 Å². The van der Waals surface area contributed by atoms with E-state index in [2.05, 4.69) is 11.9 Å². The lowest BCUT2D eigenvalue weighted by atomic mass is 10.0. The Kier molecular flexibility index (Phi) is 6.10. The molecule has 1 fully saturated rings. The summed E-state index contributed by atoms with van der Waals surface area (Å²) in [5.74, 6) is -0.342. The van der Waals surface area contributed by atoms with E-state index in [0.717, 1.165) is 12.1 Å². The van der Waals surface area contributed by atoms with Crippen molar-refractivity contribution in [1.29, 1.82) is 0 Å². The Bertz CT molecular complexity index is 521. The molecule has 2 atom stereocenters. The third kappa shape index (κ3) is 4.15. The van der Waals surface area contributed by atoms with Crippen molar-refractivity contribution in [2.45, 2.75) is 25.5 Å². The smallest absolute Gasteiger partial charge is 0.252 e. The molecule has 22 heavy (non-hydrogen) atoms. The maximum Gasteiger partial charge on any atom is 0.252 e. The van der Waals surface area contributed by atoms with Crippen molar-refractivity contribution < 1.29 is 13.9 Å². The molecule has 1 aromatic carbocycles. The number of halogens is 1. The van der Waals surface area contributed by atoms with Crippen molar-refractivity contribution in [3.05, 3.63) is 48.3 Å². The number of hydrogen-bond donors (Lipinski definition) is 1. The molecular weight excluding hydrogens is 283 g/mol. The van der Waals surface area contributed by atoms with Gasteiger partial charge in [0.15, 0.2) is 0 Å². The SMILES string of the molecule is C=CCCOC(C)C(=O)N1CCNCC1c1cccc(F)c1. The Labute approximate surface area is 131 Å². The third-order valence-corrected chi connectivity index (χ3v) is 3.80. The van der Waals surface area contributed by atoms with Crippen molar-refractivity contribution in [1.82, 2.24) is 10.2 Å². The molecule has 1 aliphatic heterocycles. The number of benzene rings is 1. The van der Waals surface area contributed by atoms with Gasteiger partial charge in [0.2, 0.25) is 0 Å². The zero-order valence-electron chi connectivity index (χ0n) is 12.9. The summed E-state index contributed by atoms with van der Waals surface area (Å²) in [5.41, 5.74) is 0.804. The van der Waals surface area contributed by atoms with Gasteiger partial charge in [-0.25, -0.2) is 4.39 Å². The highest BCUT2D eigenvalue weighted by molar-refractivity contribution is 5.81. The lowest BCUT2D eigenvalue weighted by Gasteiger charge is -2.38. The van der Waals surface area contributed by atoms with Crippen LogP contribution in [0, 0.1) is 5.82 Å². The first-order valence-electron chi connectivity index (χ1n) is 7.62. The fourth-order valence-electron chi connectivity index (χ4n) is 2.61. The Balaban J connectivity index is 2.08. The summed E-state index contributed by atoms with van der Waals surface area (Å²) in [7, 11) is 0. The van der Waals surface area contributed by atoms with Gasteiger partial charge in [-0.3, -0.25) is 4.79 Å². The molecule has 1 aliphatic rings. The molecule has 0 aromatic heterocycles. The maximum atomic E-state index is 13.5. The normalized spacial score (nSPS) is 19.7. The Morgan fingerprint density at radius 2 is 2.45 bits per heavy atom. The van der Waals surface area contributed by atoms with E-state index in [1.165, 1.54) is 12.1 Å². The summed E-state index contributed by atoms with van der Waals surface area (Å²) >= 11 is 0. The van der Waals surface area contributed by atoms with Crippen LogP contribution in [0.2, 0.25) is 0 Å². The van der Waals surface area contributed by atoms with E-state index in [4.69, 9.17) is 4.74 Å². The monoisotopic (exact) mass is 306 g/mol. The second-order valence-corrected chi connectivity index (χ2v) is 5.40. The molecule has 0 bridgehead atoms. The zero-order chi connectivity index (χ0) is 15.9. The third-order valence-electron chi connectivity index (χ3n) is 3.80. The molecule has 0 radical (unpaired) electrons. The summed E-state index contributed by atoms with van der Waals surface area (Å²) in [4.78, 5) is 14.4. The number of piperazine rings is 1. The van der Waals surface area contributed by atoms with Gasteiger partial charge >= 0.3 is 0 Å². The van der Waals surface area contributed by atoms with E-state index in [0.29, 0.717) is 26.1 Å². The molecule has 1 amide bonds. The summed E-state index contributed by atoms with van der Waals surface area (Å²) < 4.78 is 19.0. The van der Waals surface area contributed by atoms with Gasteiger partial charge in [-0.2, -0.15) is 0 Å². The van der Waals surface area contributed by atoms with Crippen molar-refractivity contribution in [2.75, 3.05) is 26.2 Å². The van der Waals surface area contributed by atoms with Crippen LogP contribution < -0.4 is 5.32 Å². The minimum Gasteiger partial charge on any atom is -0.368 e. The van der Waals surface area contributed by atoms with Crippen molar-refractivity contribution in [3.8, 4) is 0 Å². The van der Waals surface area contributed by atoms with E-state index in [9.17, 15) is 9.18 Å². The first-order valence-corrected chi connectivity index (χ1v) is 7.62. The number of amides is 1. The summed E-state index contributed by atoms with van der Waals surface area (Å²) in [6, 6.07) is 6.26. The quantitative estimate of drug-likeness (QED) is 0.647. The molecule has 4 nitrogen and oxygen atoms in total. The van der Waals surface area contributed by atoms with Gasteiger partial charge in [-0.1, -0.05) is 18.2 Å². The van der Waals surface area contributed by atoms with Crippen LogP contribution in [0.4, 0.5) is 4.39 Å². The van der Waals surface area contributed by atoms with Crippen LogP contribution in [0.1, 0.15) is 24.9 Å². The van der Waals surface area contributed by atoms with E-state index < -0.39 is 6.10 Å². The molecule has 2 unspecified atom stereocenters. The number of rotatable bonds is 6. The Hall–Kier alpha value is -1.72. The molecule has 5 heteroatoms. The predicted molar refractivity (Wildman–Crippen MR) is 84.0 cm³/mol. The van der Waals surface area contributed by atoms with Crippen molar-refractivity contribution in [2.24, 2.45) is 0 Å². The van der Waals surface area contributed by atoms with Gasteiger partial charge < -0.3 is 15.0 Å². The highest BCUT2D eigenvalue weighted by Crippen LogP contribution is 2.24. The largest absolute Gasteiger partial charge is 0.368 e. The Morgan fingerprint density at radius 1 is 1.64 bits per heavy atom. The lowest BCUT2D eigenvalue weighted by Crippen LogP contribution is -2.51. The molecule has 1 saturated heterocycles. The Morgan fingerprint density at radius 3 is 3.18 bits per heavy atom. The molecule has 1 aromatic rings. The van der Waals surface area contributed by atoms with Gasteiger partial charge in [0, 0.05) is 19.6 Å². The van der Waals surface area contributed by atoms with Gasteiger partial charge in [-0.05, 0) is 31.0 Å². The molecule has 0 spiro atoms. The van der Waals surface area contributed by atoms with Crippen LogP contribution >= 0.6 is 0 Å². The fourth-order valence-corrected chi connectivity index (χ4v) is 2.61. The fraction of sp³-hybridized carbons (Fsp3) is 0.471. The second kappa shape index (κ2) is 8.06. The van der Waals surface area contributed by atoms with E-state index in [-0.39, 0.29) is 17.8 Å². The van der Waals surface area contributed by atoms with Gasteiger partial charge in [0.1, 0.15) is 11.9 Å². The van der Waals surface area contributed by atoms with Crippen LogP contribution in [0.25, 0.3) is 0 Å². The maximum absolute atomic E-state index is 13.5. The molecule has 2 rings (SSSR count). The average molecular weight is 306 g/mol. The zero-order valence-corrected chi connectivity index (χ0v) is 12.9. The minimum atomic E-state index is -0.505. The predicted octanol–water partition coefficient (Wildman–Crippen LogP) is 2.28. The van der Waals surface area contributed by atoms with Crippen LogP contribution in [0.5, 0.6) is 0 Å². The number of hydrogen-bond acceptors (Lipinski definition) is 3. The average Bonchev–Trinajstić information content (AvgIpc) is 2.54. The molecular formula is C17H23FN2O2. The van der Waals surface area contributed by atoms with E-state index in [1.54, 1.807) is 24.0 Å². The summed E-state index contributed by atoms with van der Waals surface area (Å²) in [6.45, 7) is 7.82. The molecule has 1 N–H and O–H groups in total. The summed E-state index contributed by atoms with van der Waals surface area (Å²) in [5, 5.41) is 3.26. The number of carbonyl (C=O) groups is 1. The second-order valence-electron chi connectivity index (χ2n) is 5.40. The molecule has 0 saturated carbocycles. The molecule has 120 valence electrons. The lowest BCUT2D eigenvalue weighted by molar-refractivity contribution is -0.146. The van der Waals surface area contributed by atoms with Crippen molar-refractivity contribution in [3.63, 3.8) is 0 Å². The summed E-state index contributed by atoms with van der Waals surface area (Å²) in [6.07, 6.45) is 1.97. The van der Waals surface area contributed by atoms with E-state index >= 15 is 0 Å². The minimum absolute atomic E-state index is 0.0557. The molecule has 1 heterocycles. The first-order chi connectivity index (χ1) is 10.6. The standard InChI is InChI=1S/C17H23FN2O2/c1-3-4-10-22-13(2)17(21)20-9-8-19-12-16(20)14-6-5-7-15(18)11-14/h3,5-7,11,13,16,19H,1,4,8-10,12H2,2H3. The first kappa shape index (κ1) is 16.6. The van der Waals surface area contributed by atoms with Gasteiger partial charge in [0.25, 0.3) is 5.91 Å². The van der Waals surface area contributed by atoms with Crippen LogP contribution in [0.15, 0.2) is 36.9 Å². The number of carbonyl (C=O) groups excluding carboxylic acids is 1. The van der Waals surface area contributed by atoms with Crippen LogP contribution in [-0.4, -0.2) is 43.2 Å².